The van der Waals surface area contributed by atoms with Crippen molar-refractivity contribution < 1.29 is 18.3 Å². The molecule has 1 unspecified atom stereocenters. The summed E-state index contributed by atoms with van der Waals surface area (Å²) in [7, 11) is 0. The van der Waals surface area contributed by atoms with E-state index in [1.54, 1.807) is 12.1 Å². The lowest BCUT2D eigenvalue weighted by molar-refractivity contribution is 0.0944. The highest BCUT2D eigenvalue weighted by atomic mass is 19.3. The molecule has 5 rings (SSSR count). The Kier molecular flexibility index (Phi) is 6.47. The largest absolute Gasteiger partial charge is 0.493 e. The third-order valence-electron chi connectivity index (χ3n) is 7.47. The van der Waals surface area contributed by atoms with Crippen molar-refractivity contribution >= 4 is 17.3 Å². The maximum Gasteiger partial charge on any atom is 0.255 e. The van der Waals surface area contributed by atoms with Crippen LogP contribution >= 0.6 is 0 Å². The van der Waals surface area contributed by atoms with Crippen LogP contribution in [0.4, 0.5) is 20.2 Å². The Labute approximate surface area is 200 Å². The molecule has 0 bridgehead atoms. The zero-order valence-electron chi connectivity index (χ0n) is 19.7. The first-order valence-electron chi connectivity index (χ1n) is 12.3. The molecule has 2 saturated heterocycles. The van der Waals surface area contributed by atoms with Crippen LogP contribution in [0.5, 0.6) is 5.75 Å². The molecule has 2 heterocycles. The summed E-state index contributed by atoms with van der Waals surface area (Å²) in [5, 5.41) is 3.02. The van der Waals surface area contributed by atoms with Gasteiger partial charge in [0.2, 0.25) is 0 Å². The summed E-state index contributed by atoms with van der Waals surface area (Å²) in [6.07, 6.45) is 2.24. The van der Waals surface area contributed by atoms with E-state index in [0.29, 0.717) is 11.5 Å². The Morgan fingerprint density at radius 1 is 1.12 bits per heavy atom. The van der Waals surface area contributed by atoms with Crippen LogP contribution in [0.15, 0.2) is 42.5 Å². The van der Waals surface area contributed by atoms with Crippen LogP contribution in [0.2, 0.25) is 0 Å². The summed E-state index contributed by atoms with van der Waals surface area (Å²) in [5.41, 5.74) is 3.63. The molecule has 3 fully saturated rings. The fourth-order valence-corrected chi connectivity index (χ4v) is 5.25. The lowest BCUT2D eigenvalue weighted by atomic mass is 9.86. The maximum atomic E-state index is 12.8. The second kappa shape index (κ2) is 9.53. The fraction of sp³-hybridized carbons (Fsp3) is 0.519. The number of halogens is 2. The van der Waals surface area contributed by atoms with Gasteiger partial charge in [-0.1, -0.05) is 0 Å². The summed E-state index contributed by atoms with van der Waals surface area (Å²) in [6.45, 7) is 5.98. The summed E-state index contributed by atoms with van der Waals surface area (Å²) < 4.78 is 31.3. The Balaban J connectivity index is 1.17. The highest BCUT2D eigenvalue weighted by Gasteiger charge is 2.43. The molecule has 1 aliphatic carbocycles. The SMILES string of the molecule is Cc1cc(N2CCC3(CCN(CC(F)F)C3)C2)ccc1NC(=O)c1ccc(OCC2CC2)cc1. The molecule has 2 aromatic carbocycles. The highest BCUT2D eigenvalue weighted by Crippen LogP contribution is 2.41. The van der Waals surface area contributed by atoms with Gasteiger partial charge in [0.05, 0.1) is 13.2 Å². The van der Waals surface area contributed by atoms with E-state index in [1.807, 2.05) is 36.1 Å². The maximum absolute atomic E-state index is 12.8. The van der Waals surface area contributed by atoms with Gasteiger partial charge in [-0.25, -0.2) is 8.78 Å². The van der Waals surface area contributed by atoms with Crippen LogP contribution in [0.1, 0.15) is 41.6 Å². The van der Waals surface area contributed by atoms with Gasteiger partial charge in [0.25, 0.3) is 12.3 Å². The first-order chi connectivity index (χ1) is 16.4. The normalized spacial score (nSPS) is 22.6. The van der Waals surface area contributed by atoms with E-state index in [4.69, 9.17) is 4.74 Å². The number of carbonyl (C=O) groups excluding carboxylic acids is 1. The molecule has 3 aliphatic rings. The zero-order valence-corrected chi connectivity index (χ0v) is 19.7. The standard InChI is InChI=1S/C27H33F2N3O2/c1-19-14-22(32-13-11-27(18-32)10-12-31(17-27)15-25(28)29)6-9-24(19)30-26(33)21-4-7-23(8-5-21)34-16-20-2-3-20/h4-9,14,20,25H,2-3,10-13,15-18H2,1H3,(H,30,33). The van der Waals surface area contributed by atoms with Gasteiger partial charge in [0.1, 0.15) is 5.75 Å². The monoisotopic (exact) mass is 469 g/mol. The number of rotatable bonds is 8. The van der Waals surface area contributed by atoms with Crippen molar-refractivity contribution in [3.05, 3.63) is 53.6 Å². The van der Waals surface area contributed by atoms with E-state index in [1.165, 1.54) is 12.8 Å². The minimum absolute atomic E-state index is 0.115. The summed E-state index contributed by atoms with van der Waals surface area (Å²) in [5.74, 6) is 1.35. The van der Waals surface area contributed by atoms with Crippen LogP contribution in [-0.2, 0) is 0 Å². The Bertz CT molecular complexity index is 1030. The summed E-state index contributed by atoms with van der Waals surface area (Å²) >= 11 is 0. The number of aryl methyl sites for hydroxylation is 1. The minimum Gasteiger partial charge on any atom is -0.493 e. The molecule has 1 saturated carbocycles. The Morgan fingerprint density at radius 3 is 2.59 bits per heavy atom. The van der Waals surface area contributed by atoms with E-state index in [9.17, 15) is 13.6 Å². The van der Waals surface area contributed by atoms with Gasteiger partial charge in [0, 0.05) is 42.0 Å². The van der Waals surface area contributed by atoms with Crippen molar-refractivity contribution in [2.45, 2.75) is 39.0 Å². The number of likely N-dealkylation sites (tertiary alicyclic amines) is 1. The van der Waals surface area contributed by atoms with E-state index >= 15 is 0 Å². The highest BCUT2D eigenvalue weighted by molar-refractivity contribution is 6.04. The second-order valence-corrected chi connectivity index (χ2v) is 10.3. The molecule has 0 aromatic heterocycles. The molecule has 1 amide bonds. The molecule has 1 atom stereocenters. The van der Waals surface area contributed by atoms with E-state index in [0.717, 1.165) is 68.3 Å². The van der Waals surface area contributed by atoms with Crippen LogP contribution in [0, 0.1) is 18.3 Å². The molecule has 2 aliphatic heterocycles. The van der Waals surface area contributed by atoms with E-state index in [-0.39, 0.29) is 17.9 Å². The van der Waals surface area contributed by atoms with Crippen molar-refractivity contribution in [2.75, 3.05) is 49.5 Å². The topological polar surface area (TPSA) is 44.8 Å². The molecule has 2 aromatic rings. The van der Waals surface area contributed by atoms with Gasteiger partial charge < -0.3 is 15.0 Å². The third kappa shape index (κ3) is 5.35. The summed E-state index contributed by atoms with van der Waals surface area (Å²) in [6, 6.07) is 13.4. The second-order valence-electron chi connectivity index (χ2n) is 10.3. The van der Waals surface area contributed by atoms with Crippen LogP contribution in [0.25, 0.3) is 0 Å². The first kappa shape index (κ1) is 23.1. The number of hydrogen-bond donors (Lipinski definition) is 1. The van der Waals surface area contributed by atoms with Gasteiger partial charge in [0.15, 0.2) is 0 Å². The number of carbonyl (C=O) groups is 1. The molecule has 182 valence electrons. The molecule has 7 heteroatoms. The summed E-state index contributed by atoms with van der Waals surface area (Å²) in [4.78, 5) is 17.0. The van der Waals surface area contributed by atoms with Crippen molar-refractivity contribution in [3.8, 4) is 5.75 Å². The zero-order chi connectivity index (χ0) is 23.7. The van der Waals surface area contributed by atoms with Gasteiger partial charge in [-0.05, 0) is 93.1 Å². The van der Waals surface area contributed by atoms with E-state index < -0.39 is 6.43 Å². The predicted octanol–water partition coefficient (Wildman–Crippen LogP) is 5.20. The van der Waals surface area contributed by atoms with Crippen LogP contribution in [-0.4, -0.2) is 56.6 Å². The quantitative estimate of drug-likeness (QED) is 0.577. The first-order valence-corrected chi connectivity index (χ1v) is 12.3. The molecule has 5 nitrogen and oxygen atoms in total. The number of nitrogens with one attached hydrogen (secondary N) is 1. The average Bonchev–Trinajstić information content (AvgIpc) is 3.44. The predicted molar refractivity (Wildman–Crippen MR) is 130 cm³/mol. The molecule has 34 heavy (non-hydrogen) atoms. The molecule has 1 spiro atoms. The number of nitrogens with zero attached hydrogens (tertiary/aromatic N) is 2. The molecular weight excluding hydrogens is 436 g/mol. The lowest BCUT2D eigenvalue weighted by Gasteiger charge is -2.26. The van der Waals surface area contributed by atoms with Crippen LogP contribution < -0.4 is 15.0 Å². The molecular formula is C27H33F2N3O2. The minimum atomic E-state index is -2.27. The number of anilines is 2. The fourth-order valence-electron chi connectivity index (χ4n) is 5.25. The van der Waals surface area contributed by atoms with Crippen molar-refractivity contribution in [1.82, 2.24) is 4.90 Å². The number of amides is 1. The van der Waals surface area contributed by atoms with Crippen molar-refractivity contribution in [1.29, 1.82) is 0 Å². The third-order valence-corrected chi connectivity index (χ3v) is 7.47. The molecule has 0 radical (unpaired) electrons. The number of benzene rings is 2. The van der Waals surface area contributed by atoms with Crippen molar-refractivity contribution in [2.24, 2.45) is 11.3 Å². The van der Waals surface area contributed by atoms with Crippen molar-refractivity contribution in [3.63, 3.8) is 0 Å². The molecule has 1 N–H and O–H groups in total. The lowest BCUT2D eigenvalue weighted by Crippen LogP contribution is -2.32. The smallest absolute Gasteiger partial charge is 0.255 e. The Hall–Kier alpha value is -2.67. The van der Waals surface area contributed by atoms with E-state index in [2.05, 4.69) is 16.3 Å². The van der Waals surface area contributed by atoms with Gasteiger partial charge in [-0.3, -0.25) is 9.69 Å². The Morgan fingerprint density at radius 2 is 1.88 bits per heavy atom. The average molecular weight is 470 g/mol. The van der Waals surface area contributed by atoms with Gasteiger partial charge in [-0.15, -0.1) is 0 Å². The number of ether oxygens (including phenoxy) is 1. The number of alkyl halides is 2. The number of hydrogen-bond acceptors (Lipinski definition) is 4. The van der Waals surface area contributed by atoms with Crippen LogP contribution in [0.3, 0.4) is 0 Å². The van der Waals surface area contributed by atoms with Gasteiger partial charge in [-0.2, -0.15) is 0 Å². The van der Waals surface area contributed by atoms with Gasteiger partial charge >= 0.3 is 0 Å².